The summed E-state index contributed by atoms with van der Waals surface area (Å²) in [5.41, 5.74) is 14.1. The van der Waals surface area contributed by atoms with Crippen LogP contribution in [0.25, 0.3) is 77.2 Å². The summed E-state index contributed by atoms with van der Waals surface area (Å²) in [4.78, 5) is 2.45. The second kappa shape index (κ2) is 13.4. The Morgan fingerprint density at radius 3 is 1.52 bits per heavy atom. The Hall–Kier alpha value is -7.16. The monoisotopic (exact) mass is 689 g/mol. The van der Waals surface area contributed by atoms with Gasteiger partial charge in [0.2, 0.25) is 0 Å². The molecule has 0 spiro atoms. The Balaban J connectivity index is 1.26. The number of furan rings is 1. The predicted octanol–water partition coefficient (Wildman–Crippen LogP) is 14.9. The van der Waals surface area contributed by atoms with Gasteiger partial charge in [0.05, 0.1) is 17.1 Å². The molecule has 1 aromatic heterocycles. The van der Waals surface area contributed by atoms with Crippen molar-refractivity contribution in [2.24, 2.45) is 0 Å². The molecule has 0 fully saturated rings. The molecule has 0 atom stereocenters. The van der Waals surface area contributed by atoms with Crippen molar-refractivity contribution in [3.05, 3.63) is 212 Å². The number of nitrogens with zero attached hydrogens (tertiary/aromatic N) is 1. The van der Waals surface area contributed by atoms with Crippen molar-refractivity contribution in [3.8, 4) is 44.5 Å². The number of benzene rings is 9. The van der Waals surface area contributed by atoms with Gasteiger partial charge in [0.1, 0.15) is 11.2 Å². The molecule has 0 unspecified atom stereocenters. The van der Waals surface area contributed by atoms with E-state index in [1.165, 1.54) is 21.9 Å². The van der Waals surface area contributed by atoms with Crippen molar-refractivity contribution in [2.75, 3.05) is 4.90 Å². The van der Waals surface area contributed by atoms with E-state index in [2.05, 4.69) is 217 Å². The lowest BCUT2D eigenvalue weighted by molar-refractivity contribution is 0.670. The molecule has 2 nitrogen and oxygen atoms in total. The van der Waals surface area contributed by atoms with Gasteiger partial charge in [-0.1, -0.05) is 176 Å². The van der Waals surface area contributed by atoms with Crippen molar-refractivity contribution in [1.29, 1.82) is 0 Å². The minimum Gasteiger partial charge on any atom is -0.455 e. The number of hydrogen-bond donors (Lipinski definition) is 0. The van der Waals surface area contributed by atoms with Crippen molar-refractivity contribution in [1.82, 2.24) is 0 Å². The summed E-state index contributed by atoms with van der Waals surface area (Å²) in [6, 6.07) is 75.9. The summed E-state index contributed by atoms with van der Waals surface area (Å²) in [7, 11) is 0. The average molecular weight is 690 g/mol. The van der Waals surface area contributed by atoms with E-state index >= 15 is 0 Å². The highest BCUT2D eigenvalue weighted by Gasteiger charge is 2.25. The maximum absolute atomic E-state index is 6.82. The van der Waals surface area contributed by atoms with E-state index in [0.29, 0.717) is 0 Å². The quantitative estimate of drug-likeness (QED) is 0.166. The number of fused-ring (bicyclic) bond motifs is 4. The van der Waals surface area contributed by atoms with E-state index in [0.717, 1.165) is 72.4 Å². The van der Waals surface area contributed by atoms with Gasteiger partial charge < -0.3 is 9.32 Å². The lowest BCUT2D eigenvalue weighted by Crippen LogP contribution is -2.13. The molecule has 9 aromatic carbocycles. The molecule has 2 heteroatoms. The molecule has 1 heterocycles. The Morgan fingerprint density at radius 2 is 0.815 bits per heavy atom. The molecule has 10 rings (SSSR count). The Morgan fingerprint density at radius 1 is 0.296 bits per heavy atom. The summed E-state index contributed by atoms with van der Waals surface area (Å²) < 4.78 is 6.82. The van der Waals surface area contributed by atoms with Crippen LogP contribution in [-0.2, 0) is 0 Å². The summed E-state index contributed by atoms with van der Waals surface area (Å²) >= 11 is 0. The first-order chi connectivity index (χ1) is 26.8. The van der Waals surface area contributed by atoms with Crippen molar-refractivity contribution >= 4 is 49.8 Å². The molecule has 0 aliphatic carbocycles. The van der Waals surface area contributed by atoms with E-state index in [1.807, 2.05) is 0 Å². The first kappa shape index (κ1) is 31.6. The molecule has 0 aliphatic rings. The minimum absolute atomic E-state index is 0.884. The number of rotatable bonds is 7. The number of anilines is 3. The molecule has 0 saturated heterocycles. The van der Waals surface area contributed by atoms with Crippen LogP contribution in [0.1, 0.15) is 0 Å². The first-order valence-electron chi connectivity index (χ1n) is 18.4. The van der Waals surface area contributed by atoms with E-state index in [4.69, 9.17) is 4.42 Å². The molecule has 0 saturated carbocycles. The Labute approximate surface area is 314 Å². The maximum atomic E-state index is 6.82. The molecule has 54 heavy (non-hydrogen) atoms. The Bertz CT molecular complexity index is 2930. The highest BCUT2D eigenvalue weighted by Crippen LogP contribution is 2.49. The van der Waals surface area contributed by atoms with E-state index in [1.54, 1.807) is 0 Å². The summed E-state index contributed by atoms with van der Waals surface area (Å²) in [6.07, 6.45) is 0. The molecule has 254 valence electrons. The zero-order valence-corrected chi connectivity index (χ0v) is 29.6. The molecular formula is C52H35NO. The van der Waals surface area contributed by atoms with Gasteiger partial charge in [-0.3, -0.25) is 0 Å². The van der Waals surface area contributed by atoms with Crippen LogP contribution in [-0.4, -0.2) is 0 Å². The van der Waals surface area contributed by atoms with Crippen LogP contribution in [0, 0.1) is 0 Å². The fourth-order valence-electron chi connectivity index (χ4n) is 7.90. The van der Waals surface area contributed by atoms with Gasteiger partial charge in [-0.25, -0.2) is 0 Å². The average Bonchev–Trinajstić information content (AvgIpc) is 3.62. The van der Waals surface area contributed by atoms with Gasteiger partial charge in [0.25, 0.3) is 0 Å². The van der Waals surface area contributed by atoms with Gasteiger partial charge >= 0.3 is 0 Å². The third-order valence-electron chi connectivity index (χ3n) is 10.5. The van der Waals surface area contributed by atoms with Crippen LogP contribution in [0.5, 0.6) is 0 Å². The zero-order chi connectivity index (χ0) is 35.8. The fraction of sp³-hybridized carbons (Fsp3) is 0. The lowest BCUT2D eigenvalue weighted by Gasteiger charge is -2.32. The molecule has 0 amide bonds. The fourth-order valence-corrected chi connectivity index (χ4v) is 7.90. The van der Waals surface area contributed by atoms with Crippen LogP contribution >= 0.6 is 0 Å². The van der Waals surface area contributed by atoms with E-state index in [9.17, 15) is 0 Å². The minimum atomic E-state index is 0.884. The third-order valence-corrected chi connectivity index (χ3v) is 10.5. The Kier molecular flexibility index (Phi) is 7.85. The second-order valence-corrected chi connectivity index (χ2v) is 13.7. The summed E-state index contributed by atoms with van der Waals surface area (Å²) in [5, 5.41) is 4.60. The van der Waals surface area contributed by atoms with Gasteiger partial charge in [0.15, 0.2) is 0 Å². The zero-order valence-electron chi connectivity index (χ0n) is 29.6. The van der Waals surface area contributed by atoms with Gasteiger partial charge in [-0.05, 0) is 69.4 Å². The molecular weight excluding hydrogens is 655 g/mol. The number of hydrogen-bond acceptors (Lipinski definition) is 2. The van der Waals surface area contributed by atoms with Gasteiger partial charge in [-0.2, -0.15) is 0 Å². The maximum Gasteiger partial charge on any atom is 0.143 e. The van der Waals surface area contributed by atoms with E-state index < -0.39 is 0 Å². The van der Waals surface area contributed by atoms with Crippen LogP contribution < -0.4 is 4.90 Å². The van der Waals surface area contributed by atoms with Crippen LogP contribution in [0.15, 0.2) is 217 Å². The SMILES string of the molecule is c1ccc(-c2ccc(N(c3ccccc3-c3ccccc3)c3ccccc3-c3cccc4c3oc3cc5ccccc5cc34)c(-c3ccccc3)c2)cc1. The first-order valence-corrected chi connectivity index (χ1v) is 18.4. The van der Waals surface area contributed by atoms with Crippen LogP contribution in [0.2, 0.25) is 0 Å². The standard InChI is InChI=1S/C52H35NO/c1-4-17-36(18-5-1)41-31-32-50(46(33-41)38-21-8-3-9-22-38)53(48-29-14-12-25-42(48)37-19-6-2-7-20-37)49-30-15-13-26-43(49)44-27-16-28-45-47-34-39-23-10-11-24-40(39)35-51(47)54-52(44)45/h1-35H. The van der Waals surface area contributed by atoms with Gasteiger partial charge in [0, 0.05) is 33.0 Å². The van der Waals surface area contributed by atoms with Crippen molar-refractivity contribution < 1.29 is 4.42 Å². The predicted molar refractivity (Wildman–Crippen MR) is 228 cm³/mol. The highest BCUT2D eigenvalue weighted by atomic mass is 16.3. The molecule has 0 radical (unpaired) electrons. The summed E-state index contributed by atoms with van der Waals surface area (Å²) in [6.45, 7) is 0. The lowest BCUT2D eigenvalue weighted by atomic mass is 9.94. The molecule has 0 N–H and O–H groups in total. The highest BCUT2D eigenvalue weighted by molar-refractivity contribution is 6.14. The molecule has 0 bridgehead atoms. The largest absolute Gasteiger partial charge is 0.455 e. The van der Waals surface area contributed by atoms with Crippen molar-refractivity contribution in [3.63, 3.8) is 0 Å². The van der Waals surface area contributed by atoms with E-state index in [-0.39, 0.29) is 0 Å². The topological polar surface area (TPSA) is 16.4 Å². The van der Waals surface area contributed by atoms with Gasteiger partial charge in [-0.15, -0.1) is 0 Å². The third kappa shape index (κ3) is 5.53. The smallest absolute Gasteiger partial charge is 0.143 e. The second-order valence-electron chi connectivity index (χ2n) is 13.7. The van der Waals surface area contributed by atoms with Crippen LogP contribution in [0.4, 0.5) is 17.1 Å². The van der Waals surface area contributed by atoms with Crippen molar-refractivity contribution in [2.45, 2.75) is 0 Å². The molecule has 10 aromatic rings. The van der Waals surface area contributed by atoms with Crippen LogP contribution in [0.3, 0.4) is 0 Å². The molecule has 0 aliphatic heterocycles. The normalized spacial score (nSPS) is 11.3. The number of para-hydroxylation sites is 3. The summed E-state index contributed by atoms with van der Waals surface area (Å²) in [5.74, 6) is 0.